The minimum Gasteiger partial charge on any atom is -0.331 e. The van der Waals surface area contributed by atoms with E-state index in [4.69, 9.17) is 11.6 Å². The number of aromatic nitrogens is 3. The average Bonchev–Trinajstić information content (AvgIpc) is 2.94. The van der Waals surface area contributed by atoms with Crippen molar-refractivity contribution in [1.29, 1.82) is 0 Å². The van der Waals surface area contributed by atoms with Crippen molar-refractivity contribution >= 4 is 57.9 Å². The van der Waals surface area contributed by atoms with Crippen molar-refractivity contribution in [2.75, 3.05) is 17.2 Å². The van der Waals surface area contributed by atoms with E-state index in [1.165, 1.54) is 16.7 Å². The lowest BCUT2D eigenvalue weighted by Gasteiger charge is -2.22. The highest BCUT2D eigenvalue weighted by molar-refractivity contribution is 8.00. The van der Waals surface area contributed by atoms with E-state index in [-0.39, 0.29) is 5.91 Å². The number of imidazole rings is 1. The first kappa shape index (κ1) is 17.7. The van der Waals surface area contributed by atoms with E-state index in [2.05, 4.69) is 27.9 Å². The van der Waals surface area contributed by atoms with Crippen LogP contribution >= 0.6 is 35.1 Å². The number of anilines is 1. The lowest BCUT2D eigenvalue weighted by atomic mass is 10.2. The smallest absolute Gasteiger partial charge is 0.237 e. The van der Waals surface area contributed by atoms with E-state index >= 15 is 0 Å². The third kappa shape index (κ3) is 3.70. The topological polar surface area (TPSA) is 61.9 Å². The van der Waals surface area contributed by atoms with Gasteiger partial charge in [-0.15, -0.1) is 11.8 Å². The van der Waals surface area contributed by atoms with Gasteiger partial charge in [0.1, 0.15) is 0 Å². The van der Waals surface area contributed by atoms with Gasteiger partial charge in [-0.05, 0) is 24.6 Å². The van der Waals surface area contributed by atoms with Crippen molar-refractivity contribution in [1.82, 2.24) is 15.0 Å². The fourth-order valence-electron chi connectivity index (χ4n) is 2.87. The zero-order valence-electron chi connectivity index (χ0n) is 14.1. The summed E-state index contributed by atoms with van der Waals surface area (Å²) >= 11 is 9.17. The van der Waals surface area contributed by atoms with Gasteiger partial charge in [0.2, 0.25) is 5.91 Å². The van der Waals surface area contributed by atoms with Gasteiger partial charge < -0.3 is 9.88 Å². The molecule has 3 aromatic rings. The summed E-state index contributed by atoms with van der Waals surface area (Å²) in [6.45, 7) is 2.94. The normalized spacial score (nSPS) is 17.2. The Morgan fingerprint density at radius 1 is 1.46 bits per heavy atom. The largest absolute Gasteiger partial charge is 0.331 e. The Labute approximate surface area is 164 Å². The predicted octanol–water partition coefficient (Wildman–Crippen LogP) is 4.62. The number of carbonyl (C=O) groups excluding carboxylic acids is 1. The van der Waals surface area contributed by atoms with Crippen LogP contribution in [0, 0.1) is 0 Å². The molecule has 8 heteroatoms. The van der Waals surface area contributed by atoms with Crippen molar-refractivity contribution in [3.63, 3.8) is 0 Å². The lowest BCUT2D eigenvalue weighted by Crippen LogP contribution is -2.33. The highest BCUT2D eigenvalue weighted by Crippen LogP contribution is 2.37. The summed E-state index contributed by atoms with van der Waals surface area (Å²) < 4.78 is 0. The SMILES string of the molecule is C[C@H]1CCN(C(=O)CSc2nc3ncc(Cl)cc3[nH]2)c2ccccc2S1. The average molecular weight is 405 g/mol. The highest BCUT2D eigenvalue weighted by Gasteiger charge is 2.24. The minimum atomic E-state index is 0.0867. The van der Waals surface area contributed by atoms with Gasteiger partial charge >= 0.3 is 0 Å². The number of rotatable bonds is 3. The first-order valence-electron chi connectivity index (χ1n) is 8.30. The molecule has 4 rings (SSSR count). The molecule has 0 spiro atoms. The van der Waals surface area contributed by atoms with Crippen molar-refractivity contribution in [2.24, 2.45) is 0 Å². The van der Waals surface area contributed by atoms with Gasteiger partial charge in [-0.2, -0.15) is 0 Å². The Morgan fingerprint density at radius 3 is 3.19 bits per heavy atom. The maximum atomic E-state index is 12.9. The molecule has 1 amide bonds. The molecule has 3 heterocycles. The zero-order valence-corrected chi connectivity index (χ0v) is 16.5. The van der Waals surface area contributed by atoms with Crippen molar-refractivity contribution in [3.8, 4) is 0 Å². The number of nitrogens with one attached hydrogen (secondary N) is 1. The second-order valence-corrected chi connectivity index (χ2v) is 8.97. The summed E-state index contributed by atoms with van der Waals surface area (Å²) in [4.78, 5) is 27.7. The number of halogens is 1. The molecule has 0 saturated heterocycles. The fraction of sp³-hybridized carbons (Fsp3) is 0.278. The molecule has 1 aliphatic heterocycles. The maximum Gasteiger partial charge on any atom is 0.237 e. The van der Waals surface area contributed by atoms with Crippen molar-refractivity contribution in [3.05, 3.63) is 41.6 Å². The number of carbonyl (C=O) groups is 1. The Balaban J connectivity index is 1.50. The van der Waals surface area contributed by atoms with Gasteiger partial charge in [0.15, 0.2) is 10.8 Å². The molecule has 0 radical (unpaired) electrons. The van der Waals surface area contributed by atoms with Crippen LogP contribution in [0.5, 0.6) is 0 Å². The van der Waals surface area contributed by atoms with Crippen LogP contribution in [0.4, 0.5) is 5.69 Å². The van der Waals surface area contributed by atoms with Crippen LogP contribution in [-0.4, -0.2) is 38.4 Å². The van der Waals surface area contributed by atoms with Crippen LogP contribution in [0.15, 0.2) is 46.6 Å². The highest BCUT2D eigenvalue weighted by atomic mass is 35.5. The molecule has 1 aliphatic rings. The Kier molecular flexibility index (Phi) is 5.11. The van der Waals surface area contributed by atoms with Crippen LogP contribution < -0.4 is 4.90 Å². The molecule has 26 heavy (non-hydrogen) atoms. The van der Waals surface area contributed by atoms with E-state index in [1.54, 1.807) is 12.3 Å². The number of amides is 1. The summed E-state index contributed by atoms with van der Waals surface area (Å²) in [6, 6.07) is 9.90. The van der Waals surface area contributed by atoms with Gasteiger partial charge in [-0.3, -0.25) is 4.79 Å². The number of aromatic amines is 1. The van der Waals surface area contributed by atoms with Gasteiger partial charge in [0, 0.05) is 22.9 Å². The number of benzene rings is 1. The molecule has 0 aliphatic carbocycles. The van der Waals surface area contributed by atoms with Gasteiger partial charge in [-0.25, -0.2) is 9.97 Å². The number of para-hydroxylation sites is 1. The van der Waals surface area contributed by atoms with Gasteiger partial charge in [0.05, 0.1) is 22.0 Å². The summed E-state index contributed by atoms with van der Waals surface area (Å²) in [6.07, 6.45) is 2.54. The van der Waals surface area contributed by atoms with E-state index in [0.717, 1.165) is 24.2 Å². The zero-order chi connectivity index (χ0) is 18.1. The number of fused-ring (bicyclic) bond motifs is 2. The quantitative estimate of drug-likeness (QED) is 0.645. The fourth-order valence-corrected chi connectivity index (χ4v) is 4.89. The van der Waals surface area contributed by atoms with E-state index < -0.39 is 0 Å². The molecule has 1 N–H and O–H groups in total. The molecular weight excluding hydrogens is 388 g/mol. The van der Waals surface area contributed by atoms with Gasteiger partial charge in [0.25, 0.3) is 0 Å². The monoisotopic (exact) mass is 404 g/mol. The summed E-state index contributed by atoms with van der Waals surface area (Å²) in [5.74, 6) is 0.407. The number of hydrogen-bond acceptors (Lipinski definition) is 5. The van der Waals surface area contributed by atoms with E-state index in [1.807, 2.05) is 34.9 Å². The number of hydrogen-bond donors (Lipinski definition) is 1. The molecule has 0 bridgehead atoms. The lowest BCUT2D eigenvalue weighted by molar-refractivity contribution is -0.116. The van der Waals surface area contributed by atoms with Crippen LogP contribution in [-0.2, 0) is 4.79 Å². The summed E-state index contributed by atoms with van der Waals surface area (Å²) in [5.41, 5.74) is 2.39. The Hall–Kier alpha value is -1.70. The number of pyridine rings is 1. The second-order valence-electron chi connectivity index (χ2n) is 6.09. The second kappa shape index (κ2) is 7.50. The van der Waals surface area contributed by atoms with E-state index in [9.17, 15) is 4.79 Å². The molecular formula is C18H17ClN4OS2. The summed E-state index contributed by atoms with van der Waals surface area (Å²) in [7, 11) is 0. The Morgan fingerprint density at radius 2 is 2.31 bits per heavy atom. The number of thioether (sulfide) groups is 2. The molecule has 5 nitrogen and oxygen atoms in total. The first-order chi connectivity index (χ1) is 12.6. The Bertz CT molecular complexity index is 961. The van der Waals surface area contributed by atoms with E-state index in [0.29, 0.717) is 26.8 Å². The number of H-pyrrole nitrogens is 1. The maximum absolute atomic E-state index is 12.9. The van der Waals surface area contributed by atoms with Crippen LogP contribution in [0.1, 0.15) is 13.3 Å². The summed E-state index contributed by atoms with van der Waals surface area (Å²) in [5, 5.41) is 1.73. The third-order valence-electron chi connectivity index (χ3n) is 4.16. The minimum absolute atomic E-state index is 0.0867. The molecule has 1 aromatic carbocycles. The van der Waals surface area contributed by atoms with Crippen LogP contribution in [0.2, 0.25) is 5.02 Å². The first-order valence-corrected chi connectivity index (χ1v) is 10.5. The predicted molar refractivity (Wildman–Crippen MR) is 108 cm³/mol. The number of nitrogens with zero attached hydrogens (tertiary/aromatic N) is 3. The standard InChI is InChI=1S/C18H17ClN4OS2/c1-11-6-7-23(14-4-2-3-5-15(14)26-11)16(24)10-25-18-21-13-8-12(19)9-20-17(13)22-18/h2-5,8-9,11H,6-7,10H2,1H3,(H,20,21,22)/t11-/m0/s1. The molecule has 2 aromatic heterocycles. The molecule has 0 unspecified atom stereocenters. The third-order valence-corrected chi connectivity index (χ3v) is 6.46. The van der Waals surface area contributed by atoms with Crippen LogP contribution in [0.3, 0.4) is 0 Å². The van der Waals surface area contributed by atoms with Crippen LogP contribution in [0.25, 0.3) is 11.2 Å². The molecule has 0 fully saturated rings. The molecule has 0 saturated carbocycles. The van der Waals surface area contributed by atoms with Crippen molar-refractivity contribution in [2.45, 2.75) is 28.6 Å². The molecule has 134 valence electrons. The molecule has 1 atom stereocenters. The van der Waals surface area contributed by atoms with Crippen molar-refractivity contribution < 1.29 is 4.79 Å². The van der Waals surface area contributed by atoms with Gasteiger partial charge in [-0.1, -0.05) is 42.4 Å².